The zero-order valence-electron chi connectivity index (χ0n) is 10.3. The van der Waals surface area contributed by atoms with Crippen molar-refractivity contribution in [2.24, 2.45) is 0 Å². The van der Waals surface area contributed by atoms with Crippen LogP contribution in [0.5, 0.6) is 11.5 Å². The molecule has 1 aliphatic heterocycles. The molecule has 0 unspecified atom stereocenters. The summed E-state index contributed by atoms with van der Waals surface area (Å²) in [6.45, 7) is 1.80. The average molecular weight is 268 g/mol. The predicted molar refractivity (Wildman–Crippen MR) is 71.6 cm³/mol. The van der Waals surface area contributed by atoms with E-state index >= 15 is 0 Å². The lowest BCUT2D eigenvalue weighted by Gasteiger charge is -2.29. The van der Waals surface area contributed by atoms with Crippen LogP contribution in [0.1, 0.15) is 25.7 Å². The first-order valence-corrected chi connectivity index (χ1v) is 7.02. The molecule has 0 atom stereocenters. The molecule has 3 nitrogen and oxygen atoms in total. The second-order valence-electron chi connectivity index (χ2n) is 5.01. The summed E-state index contributed by atoms with van der Waals surface area (Å²) in [5, 5.41) is 3.88. The van der Waals surface area contributed by atoms with Crippen molar-refractivity contribution in [2.75, 3.05) is 13.1 Å². The van der Waals surface area contributed by atoms with Crippen LogP contribution in [0.4, 0.5) is 0 Å². The lowest BCUT2D eigenvalue weighted by atomic mass is 10.2. The molecule has 0 amide bonds. The molecule has 0 bridgehead atoms. The molecule has 1 aromatic carbocycles. The molecule has 3 rings (SSSR count). The summed E-state index contributed by atoms with van der Waals surface area (Å²) in [7, 11) is 0. The monoisotopic (exact) mass is 267 g/mol. The maximum atomic E-state index is 6.03. The molecule has 1 aliphatic carbocycles. The first kappa shape index (κ1) is 12.1. The van der Waals surface area contributed by atoms with Crippen LogP contribution in [0.2, 0.25) is 5.02 Å². The third-order valence-electron chi connectivity index (χ3n) is 3.54. The topological polar surface area (TPSA) is 30.5 Å². The van der Waals surface area contributed by atoms with Gasteiger partial charge in [0, 0.05) is 24.2 Å². The predicted octanol–water partition coefficient (Wildman–Crippen LogP) is 3.01. The molecule has 2 fully saturated rings. The van der Waals surface area contributed by atoms with E-state index in [-0.39, 0.29) is 6.10 Å². The Kier molecular flexibility index (Phi) is 3.62. The summed E-state index contributed by atoms with van der Waals surface area (Å²) >= 11 is 6.03. The van der Waals surface area contributed by atoms with Gasteiger partial charge in [0.2, 0.25) is 0 Å². The Labute approximate surface area is 112 Å². The molecular formula is C14H18ClNO2. The van der Waals surface area contributed by atoms with Gasteiger partial charge in [0.15, 0.2) is 11.5 Å². The molecule has 18 heavy (non-hydrogen) atoms. The largest absolute Gasteiger partial charge is 0.487 e. The third kappa shape index (κ3) is 2.73. The number of benzene rings is 1. The van der Waals surface area contributed by atoms with Crippen LogP contribution in [0.3, 0.4) is 0 Å². The van der Waals surface area contributed by atoms with Crippen LogP contribution < -0.4 is 14.8 Å². The highest BCUT2D eigenvalue weighted by Crippen LogP contribution is 2.34. The fraction of sp³-hybridized carbons (Fsp3) is 0.571. The van der Waals surface area contributed by atoms with E-state index in [0.717, 1.165) is 37.4 Å². The van der Waals surface area contributed by atoms with E-state index in [2.05, 4.69) is 5.32 Å². The molecule has 1 saturated heterocycles. The highest BCUT2D eigenvalue weighted by Gasteiger charge is 2.22. The Morgan fingerprint density at radius 1 is 1.00 bits per heavy atom. The van der Waals surface area contributed by atoms with E-state index in [9.17, 15) is 0 Å². The SMILES string of the molecule is Clc1ccc(OC2CCCC2)c(OC2CNC2)c1. The van der Waals surface area contributed by atoms with Crippen LogP contribution in [-0.4, -0.2) is 25.3 Å². The zero-order chi connectivity index (χ0) is 12.4. The van der Waals surface area contributed by atoms with Crippen molar-refractivity contribution in [3.8, 4) is 11.5 Å². The van der Waals surface area contributed by atoms with E-state index in [0.29, 0.717) is 11.1 Å². The van der Waals surface area contributed by atoms with Gasteiger partial charge in [-0.25, -0.2) is 0 Å². The van der Waals surface area contributed by atoms with E-state index in [4.69, 9.17) is 21.1 Å². The van der Waals surface area contributed by atoms with Crippen molar-refractivity contribution in [2.45, 2.75) is 37.9 Å². The number of ether oxygens (including phenoxy) is 2. The molecule has 0 radical (unpaired) electrons. The van der Waals surface area contributed by atoms with Gasteiger partial charge in [-0.1, -0.05) is 11.6 Å². The first-order valence-electron chi connectivity index (χ1n) is 6.65. The molecule has 4 heteroatoms. The fourth-order valence-electron chi connectivity index (χ4n) is 2.38. The lowest BCUT2D eigenvalue weighted by Crippen LogP contribution is -2.50. The number of rotatable bonds is 4. The Morgan fingerprint density at radius 2 is 1.72 bits per heavy atom. The van der Waals surface area contributed by atoms with Crippen molar-refractivity contribution in [3.05, 3.63) is 23.2 Å². The average Bonchev–Trinajstić information content (AvgIpc) is 2.80. The summed E-state index contributed by atoms with van der Waals surface area (Å²) in [5.41, 5.74) is 0. The molecule has 98 valence electrons. The van der Waals surface area contributed by atoms with E-state index in [1.54, 1.807) is 0 Å². The van der Waals surface area contributed by atoms with Crippen molar-refractivity contribution in [1.82, 2.24) is 5.32 Å². The summed E-state index contributed by atoms with van der Waals surface area (Å²) in [5.74, 6) is 1.61. The normalized spacial score (nSPS) is 20.7. The molecule has 0 aromatic heterocycles. The summed E-state index contributed by atoms with van der Waals surface area (Å²) < 4.78 is 11.9. The first-order chi connectivity index (χ1) is 8.81. The Balaban J connectivity index is 1.73. The minimum atomic E-state index is 0.245. The van der Waals surface area contributed by atoms with Gasteiger partial charge >= 0.3 is 0 Å². The van der Waals surface area contributed by atoms with Gasteiger partial charge in [-0.2, -0.15) is 0 Å². The molecule has 1 aromatic rings. The molecule has 2 aliphatic rings. The maximum Gasteiger partial charge on any atom is 0.163 e. The second-order valence-corrected chi connectivity index (χ2v) is 5.45. The van der Waals surface area contributed by atoms with Crippen molar-refractivity contribution >= 4 is 11.6 Å². The van der Waals surface area contributed by atoms with Crippen molar-refractivity contribution < 1.29 is 9.47 Å². The molecule has 1 saturated carbocycles. The minimum absolute atomic E-state index is 0.245. The Bertz CT molecular complexity index is 414. The van der Waals surface area contributed by atoms with Crippen molar-refractivity contribution in [3.63, 3.8) is 0 Å². The van der Waals surface area contributed by atoms with Crippen LogP contribution in [0, 0.1) is 0 Å². The van der Waals surface area contributed by atoms with Gasteiger partial charge in [0.25, 0.3) is 0 Å². The lowest BCUT2D eigenvalue weighted by molar-refractivity contribution is 0.128. The quantitative estimate of drug-likeness (QED) is 0.910. The smallest absolute Gasteiger partial charge is 0.163 e. The van der Waals surface area contributed by atoms with Gasteiger partial charge in [0.1, 0.15) is 6.10 Å². The highest BCUT2D eigenvalue weighted by molar-refractivity contribution is 6.30. The fourth-order valence-corrected chi connectivity index (χ4v) is 2.54. The van der Waals surface area contributed by atoms with Crippen molar-refractivity contribution in [1.29, 1.82) is 0 Å². The minimum Gasteiger partial charge on any atom is -0.487 e. The van der Waals surface area contributed by atoms with Gasteiger partial charge < -0.3 is 14.8 Å². The second kappa shape index (κ2) is 5.37. The third-order valence-corrected chi connectivity index (χ3v) is 3.77. The number of nitrogens with one attached hydrogen (secondary N) is 1. The van der Waals surface area contributed by atoms with E-state index in [1.807, 2.05) is 18.2 Å². The number of halogens is 1. The van der Waals surface area contributed by atoms with Crippen LogP contribution in [-0.2, 0) is 0 Å². The summed E-state index contributed by atoms with van der Waals surface area (Å²) in [6.07, 6.45) is 5.41. The van der Waals surface area contributed by atoms with E-state index < -0.39 is 0 Å². The highest BCUT2D eigenvalue weighted by atomic mass is 35.5. The zero-order valence-corrected chi connectivity index (χ0v) is 11.1. The molecule has 0 spiro atoms. The molecule has 1 heterocycles. The summed E-state index contributed by atoms with van der Waals surface area (Å²) in [6, 6.07) is 5.63. The van der Waals surface area contributed by atoms with Gasteiger partial charge in [-0.05, 0) is 37.8 Å². The standard InChI is InChI=1S/C14H18ClNO2/c15-10-5-6-13(17-11-3-1-2-4-11)14(7-10)18-12-8-16-9-12/h5-7,11-12,16H,1-4,8-9H2. The molecule has 1 N–H and O–H groups in total. The van der Waals surface area contributed by atoms with Crippen LogP contribution in [0.25, 0.3) is 0 Å². The Morgan fingerprint density at radius 3 is 2.39 bits per heavy atom. The van der Waals surface area contributed by atoms with Crippen LogP contribution >= 0.6 is 11.6 Å². The maximum absolute atomic E-state index is 6.03. The Hall–Kier alpha value is -0.930. The van der Waals surface area contributed by atoms with Gasteiger partial charge in [-0.15, -0.1) is 0 Å². The van der Waals surface area contributed by atoms with Gasteiger partial charge in [0.05, 0.1) is 6.10 Å². The number of hydrogen-bond donors (Lipinski definition) is 1. The van der Waals surface area contributed by atoms with Gasteiger partial charge in [-0.3, -0.25) is 0 Å². The van der Waals surface area contributed by atoms with E-state index in [1.165, 1.54) is 12.8 Å². The summed E-state index contributed by atoms with van der Waals surface area (Å²) in [4.78, 5) is 0. The van der Waals surface area contributed by atoms with Crippen LogP contribution in [0.15, 0.2) is 18.2 Å². The number of hydrogen-bond acceptors (Lipinski definition) is 3. The molecular weight excluding hydrogens is 250 g/mol.